The minimum absolute atomic E-state index is 0.0297. The second-order valence-corrected chi connectivity index (χ2v) is 15.6. The molecule has 0 spiro atoms. The molecule has 0 aromatic carbocycles. The summed E-state index contributed by atoms with van der Waals surface area (Å²) in [4.78, 5) is 24.4. The Labute approximate surface area is 352 Å². The van der Waals surface area contributed by atoms with Crippen LogP contribution < -0.4 is 0 Å². The van der Waals surface area contributed by atoms with Gasteiger partial charge in [-0.3, -0.25) is 9.59 Å². The van der Waals surface area contributed by atoms with Gasteiger partial charge in [-0.05, 0) is 38.5 Å². The number of allylic oxidation sites excluding steroid dienone is 12. The molecule has 12 atom stereocenters. The fourth-order valence-electron chi connectivity index (χ4n) is 6.52. The van der Waals surface area contributed by atoms with E-state index in [0.717, 1.165) is 0 Å². The third kappa shape index (κ3) is 23.6. The van der Waals surface area contributed by atoms with Gasteiger partial charge in [0.1, 0.15) is 6.10 Å². The zero-order valence-electron chi connectivity index (χ0n) is 34.4. The number of aliphatic hydroxyl groups excluding tert-OH is 8. The monoisotopic (exact) mass is 852 g/mol. The third-order valence-electron chi connectivity index (χ3n) is 10.1. The highest BCUT2D eigenvalue weighted by Gasteiger charge is 2.34. The standard InChI is InChI=1S/C44H68O16/c1-30-14-12-10-8-6-4-2-3-5-7-9-11-13-15-36(60-43-40(52)26-35(48)29-59-43)18-16-31(42(54)55)20-22-44(56,57)28-34(47)25-39(51)38(50)19-17-32(45)24-33(46)27-41(53)58-23-21-37(30)49/h2-15,30-40,43,45-52,56-57H,16-29H2,1H3,(H,54,55)/b3-2+,6-4+,7-5+,10-8+,11-9+,14-12+,15-13+/t30?,31-,32+,33+,34-,35-,36-,37-,38+,39+,40+,43-/m0/s1. The van der Waals surface area contributed by atoms with Crippen LogP contribution in [0.2, 0.25) is 0 Å². The van der Waals surface area contributed by atoms with Crippen molar-refractivity contribution in [3.8, 4) is 0 Å². The average Bonchev–Trinajstić information content (AvgIpc) is 3.16. The van der Waals surface area contributed by atoms with Crippen LogP contribution in [-0.2, 0) is 23.8 Å². The number of carboxylic acid groups (broad SMARTS) is 1. The van der Waals surface area contributed by atoms with E-state index in [1.807, 2.05) is 43.4 Å². The minimum Gasteiger partial charge on any atom is -0.481 e. The van der Waals surface area contributed by atoms with Crippen molar-refractivity contribution in [1.29, 1.82) is 0 Å². The van der Waals surface area contributed by atoms with Crippen LogP contribution in [0, 0.1) is 11.8 Å². The highest BCUT2D eigenvalue weighted by Crippen LogP contribution is 2.27. The second-order valence-electron chi connectivity index (χ2n) is 15.6. The van der Waals surface area contributed by atoms with Gasteiger partial charge in [0.25, 0.3) is 0 Å². The Kier molecular flexibility index (Phi) is 25.5. The molecule has 2 aliphatic rings. The summed E-state index contributed by atoms with van der Waals surface area (Å²) in [5.41, 5.74) is 0. The lowest BCUT2D eigenvalue weighted by atomic mass is 9.90. The van der Waals surface area contributed by atoms with Gasteiger partial charge in [0.15, 0.2) is 12.1 Å². The number of esters is 1. The van der Waals surface area contributed by atoms with Gasteiger partial charge in [-0.2, -0.15) is 0 Å². The Bertz CT molecular complexity index is 1440. The summed E-state index contributed by atoms with van der Waals surface area (Å²) in [6.45, 7) is 1.69. The molecule has 11 N–H and O–H groups in total. The molecular weight excluding hydrogens is 784 g/mol. The number of carbonyl (C=O) groups is 2. The average molecular weight is 853 g/mol. The number of aliphatic hydroxyl groups is 10. The van der Waals surface area contributed by atoms with Gasteiger partial charge < -0.3 is 70.4 Å². The van der Waals surface area contributed by atoms with Gasteiger partial charge in [-0.1, -0.05) is 92.0 Å². The molecule has 1 saturated heterocycles. The number of carbonyl (C=O) groups excluding carboxylic acids is 1. The Morgan fingerprint density at radius 1 is 0.633 bits per heavy atom. The highest BCUT2D eigenvalue weighted by atomic mass is 16.7. The summed E-state index contributed by atoms with van der Waals surface area (Å²) >= 11 is 0. The van der Waals surface area contributed by atoms with E-state index < -0.39 is 111 Å². The van der Waals surface area contributed by atoms with E-state index in [1.54, 1.807) is 48.6 Å². The topological polar surface area (TPSA) is 284 Å². The van der Waals surface area contributed by atoms with E-state index in [4.69, 9.17) is 14.2 Å². The number of carboxylic acids is 1. The van der Waals surface area contributed by atoms with Crippen molar-refractivity contribution in [3.63, 3.8) is 0 Å². The maximum absolute atomic E-state index is 12.2. The number of aliphatic carboxylic acids is 1. The summed E-state index contributed by atoms with van der Waals surface area (Å²) in [6, 6.07) is 0. The number of rotatable bonds is 3. The maximum Gasteiger partial charge on any atom is 0.308 e. The quantitative estimate of drug-likeness (QED) is 0.143. The molecule has 0 radical (unpaired) electrons. The lowest BCUT2D eigenvalue weighted by Gasteiger charge is -2.33. The molecule has 0 aromatic rings. The molecule has 2 heterocycles. The van der Waals surface area contributed by atoms with Gasteiger partial charge >= 0.3 is 11.9 Å². The van der Waals surface area contributed by atoms with Crippen molar-refractivity contribution in [3.05, 3.63) is 85.1 Å². The maximum atomic E-state index is 12.2. The first-order valence-electron chi connectivity index (χ1n) is 20.7. The third-order valence-corrected chi connectivity index (χ3v) is 10.1. The normalized spacial score (nSPS) is 38.7. The lowest BCUT2D eigenvalue weighted by Crippen LogP contribution is -2.44. The molecule has 0 amide bonds. The molecule has 2 rings (SSSR count). The summed E-state index contributed by atoms with van der Waals surface area (Å²) in [5.74, 6) is -5.73. The molecular formula is C44H68O16. The fraction of sp³-hybridized carbons (Fsp3) is 0.636. The first kappa shape index (κ1) is 52.8. The van der Waals surface area contributed by atoms with E-state index in [1.165, 1.54) is 0 Å². The van der Waals surface area contributed by atoms with Crippen LogP contribution in [0.4, 0.5) is 0 Å². The van der Waals surface area contributed by atoms with Crippen molar-refractivity contribution in [2.24, 2.45) is 11.8 Å². The zero-order chi connectivity index (χ0) is 44.5. The van der Waals surface area contributed by atoms with Gasteiger partial charge in [0.2, 0.25) is 0 Å². The molecule has 1 fully saturated rings. The van der Waals surface area contributed by atoms with Crippen LogP contribution in [0.3, 0.4) is 0 Å². The summed E-state index contributed by atoms with van der Waals surface area (Å²) in [6.07, 6.45) is 11.3. The van der Waals surface area contributed by atoms with Crippen LogP contribution in [0.15, 0.2) is 85.1 Å². The van der Waals surface area contributed by atoms with Gasteiger partial charge in [-0.15, -0.1) is 0 Å². The molecule has 16 nitrogen and oxygen atoms in total. The Morgan fingerprint density at radius 2 is 1.22 bits per heavy atom. The largest absolute Gasteiger partial charge is 0.481 e. The SMILES string of the molecule is CC1/C=C/C=C/C=C/C=C/C=C/C=C/C=C/[C@H](O[C@@H]2OC[C@@H](O)C[C@H]2O)CC[C@H](C(=O)O)CCC(O)(O)C[C@@H](O)C[C@@H](O)[C@H](O)CC[C@@H](O)C[C@@H](O)CC(=O)OCC[C@@H]1O. The predicted octanol–water partition coefficient (Wildman–Crippen LogP) is 1.76. The van der Waals surface area contributed by atoms with Crippen molar-refractivity contribution in [1.82, 2.24) is 0 Å². The fourth-order valence-corrected chi connectivity index (χ4v) is 6.52. The summed E-state index contributed by atoms with van der Waals surface area (Å²) < 4.78 is 16.6. The van der Waals surface area contributed by atoms with E-state index >= 15 is 0 Å². The molecule has 60 heavy (non-hydrogen) atoms. The first-order valence-corrected chi connectivity index (χ1v) is 20.7. The number of cyclic esters (lactones) is 1. The Morgan fingerprint density at radius 3 is 1.82 bits per heavy atom. The van der Waals surface area contributed by atoms with Crippen LogP contribution >= 0.6 is 0 Å². The zero-order valence-corrected chi connectivity index (χ0v) is 34.4. The van der Waals surface area contributed by atoms with Crippen LogP contribution in [0.25, 0.3) is 0 Å². The van der Waals surface area contributed by atoms with E-state index in [2.05, 4.69) is 0 Å². The molecule has 1 unspecified atom stereocenters. The molecule has 0 aromatic heterocycles. The highest BCUT2D eigenvalue weighted by molar-refractivity contribution is 5.70. The molecule has 0 bridgehead atoms. The number of hydrogen-bond acceptors (Lipinski definition) is 15. The minimum atomic E-state index is -2.52. The van der Waals surface area contributed by atoms with E-state index in [9.17, 15) is 65.8 Å². The van der Waals surface area contributed by atoms with Crippen LogP contribution in [0.1, 0.15) is 84.0 Å². The summed E-state index contributed by atoms with van der Waals surface area (Å²) in [7, 11) is 0. The van der Waals surface area contributed by atoms with Gasteiger partial charge in [-0.25, -0.2) is 0 Å². The molecule has 340 valence electrons. The Hall–Kier alpha value is -3.36. The smallest absolute Gasteiger partial charge is 0.308 e. The molecule has 0 aliphatic carbocycles. The lowest BCUT2D eigenvalue weighted by molar-refractivity contribution is -0.246. The van der Waals surface area contributed by atoms with Gasteiger partial charge in [0, 0.05) is 38.0 Å². The van der Waals surface area contributed by atoms with E-state index in [-0.39, 0.29) is 70.5 Å². The van der Waals surface area contributed by atoms with Crippen LogP contribution in [0.5, 0.6) is 0 Å². The van der Waals surface area contributed by atoms with E-state index in [0.29, 0.717) is 0 Å². The van der Waals surface area contributed by atoms with Crippen molar-refractivity contribution in [2.45, 2.75) is 151 Å². The predicted molar refractivity (Wildman–Crippen MR) is 220 cm³/mol. The van der Waals surface area contributed by atoms with Gasteiger partial charge in [0.05, 0.1) is 74.4 Å². The molecule has 16 heteroatoms. The second kappa shape index (κ2) is 29.0. The molecule has 0 saturated carbocycles. The van der Waals surface area contributed by atoms with Crippen molar-refractivity contribution >= 4 is 11.9 Å². The number of hydrogen-bond donors (Lipinski definition) is 11. The Balaban J connectivity index is 2.16. The van der Waals surface area contributed by atoms with Crippen molar-refractivity contribution < 1.29 is 80.0 Å². The first-order chi connectivity index (χ1) is 28.5. The number of ether oxygens (including phenoxy) is 3. The summed E-state index contributed by atoms with van der Waals surface area (Å²) in [5, 5.41) is 114. The van der Waals surface area contributed by atoms with Crippen molar-refractivity contribution in [2.75, 3.05) is 13.2 Å². The molecule has 2 aliphatic heterocycles. The van der Waals surface area contributed by atoms with Crippen LogP contribution in [-0.4, -0.2) is 148 Å².